The number of aryl methyl sites for hydroxylation is 1. The summed E-state index contributed by atoms with van der Waals surface area (Å²) >= 11 is 0.960. The molecular formula is C28H28N2O6S. The number of methoxy groups -OCH3 is 2. The van der Waals surface area contributed by atoms with E-state index >= 15 is 0 Å². The number of carbonyl (C=O) groups excluding carboxylic acids is 3. The zero-order valence-corrected chi connectivity index (χ0v) is 22.3. The van der Waals surface area contributed by atoms with E-state index in [1.165, 1.54) is 19.1 Å². The van der Waals surface area contributed by atoms with Gasteiger partial charge in [0.1, 0.15) is 16.4 Å². The molecule has 4 rings (SSSR count). The standard InChI is InChI=1S/C28H28N2O6S/c1-15-24(26(34)36-6)37-27(29-15)30-21(16-10-12-18(13-11-16)28(2,3)4)20(23(32)25(30)33)22(31)17-8-7-9-19(14-17)35-5/h7-14,21,31H,1-6H3/b22-20+. The smallest absolute Gasteiger partial charge is 0.350 e. The van der Waals surface area contributed by atoms with E-state index in [2.05, 4.69) is 25.8 Å². The molecule has 1 aliphatic heterocycles. The lowest BCUT2D eigenvalue weighted by atomic mass is 9.85. The number of carbonyl (C=O) groups is 3. The van der Waals surface area contributed by atoms with Crippen LogP contribution in [0.2, 0.25) is 0 Å². The molecule has 1 atom stereocenters. The average molecular weight is 521 g/mol. The summed E-state index contributed by atoms with van der Waals surface area (Å²) in [7, 11) is 2.76. The van der Waals surface area contributed by atoms with Crippen molar-refractivity contribution < 1.29 is 29.0 Å². The van der Waals surface area contributed by atoms with E-state index in [1.807, 2.05) is 24.3 Å². The first-order valence-electron chi connectivity index (χ1n) is 11.6. The number of aromatic nitrogens is 1. The second-order valence-electron chi connectivity index (χ2n) is 9.68. The highest BCUT2D eigenvalue weighted by Gasteiger charge is 2.48. The van der Waals surface area contributed by atoms with Gasteiger partial charge in [0.2, 0.25) is 0 Å². The van der Waals surface area contributed by atoms with Gasteiger partial charge in [-0.05, 0) is 35.6 Å². The number of esters is 1. The number of rotatable bonds is 5. The number of thiazole rings is 1. The van der Waals surface area contributed by atoms with Crippen LogP contribution in [-0.4, -0.2) is 42.0 Å². The third-order valence-corrected chi connectivity index (χ3v) is 7.38. The van der Waals surface area contributed by atoms with Gasteiger partial charge in [-0.15, -0.1) is 0 Å². The number of ether oxygens (including phenoxy) is 2. The highest BCUT2D eigenvalue weighted by atomic mass is 32.1. The third kappa shape index (κ3) is 4.74. The van der Waals surface area contributed by atoms with Gasteiger partial charge < -0.3 is 14.6 Å². The Morgan fingerprint density at radius 2 is 1.76 bits per heavy atom. The van der Waals surface area contributed by atoms with E-state index in [0.29, 0.717) is 22.6 Å². The third-order valence-electron chi connectivity index (χ3n) is 6.24. The minimum atomic E-state index is -0.962. The van der Waals surface area contributed by atoms with Crippen LogP contribution >= 0.6 is 11.3 Å². The number of Topliss-reactive ketones (excluding diaryl/α,β-unsaturated/α-hetero) is 1. The van der Waals surface area contributed by atoms with Crippen LogP contribution in [0.15, 0.2) is 54.1 Å². The Hall–Kier alpha value is -3.98. The molecule has 1 amide bonds. The number of aliphatic hydroxyl groups is 1. The van der Waals surface area contributed by atoms with Crippen molar-refractivity contribution in [1.82, 2.24) is 4.98 Å². The van der Waals surface area contributed by atoms with Crippen LogP contribution in [0.25, 0.3) is 5.76 Å². The van der Waals surface area contributed by atoms with Crippen molar-refractivity contribution in [2.24, 2.45) is 0 Å². The Morgan fingerprint density at radius 3 is 2.35 bits per heavy atom. The predicted octanol–water partition coefficient (Wildman–Crippen LogP) is 5.17. The van der Waals surface area contributed by atoms with Crippen LogP contribution < -0.4 is 9.64 Å². The minimum absolute atomic E-state index is 0.0748. The summed E-state index contributed by atoms with van der Waals surface area (Å²) in [5.74, 6) is -2.12. The number of hydrogen-bond acceptors (Lipinski definition) is 8. The van der Waals surface area contributed by atoms with Crippen molar-refractivity contribution >= 4 is 39.9 Å². The molecule has 0 bridgehead atoms. The molecule has 1 aromatic heterocycles. The first-order chi connectivity index (χ1) is 17.5. The molecule has 9 heteroatoms. The van der Waals surface area contributed by atoms with E-state index in [9.17, 15) is 19.5 Å². The van der Waals surface area contributed by atoms with E-state index < -0.39 is 23.7 Å². The number of hydrogen-bond donors (Lipinski definition) is 1. The zero-order chi connectivity index (χ0) is 27.1. The summed E-state index contributed by atoms with van der Waals surface area (Å²) in [5.41, 5.74) is 2.21. The molecule has 0 aliphatic carbocycles. The van der Waals surface area contributed by atoms with Crippen molar-refractivity contribution in [2.75, 3.05) is 19.1 Å². The lowest BCUT2D eigenvalue weighted by Gasteiger charge is -2.24. The highest BCUT2D eigenvalue weighted by molar-refractivity contribution is 7.17. The summed E-state index contributed by atoms with van der Waals surface area (Å²) < 4.78 is 10.1. The number of amides is 1. The number of ketones is 1. The topological polar surface area (TPSA) is 106 Å². The summed E-state index contributed by atoms with van der Waals surface area (Å²) in [6, 6.07) is 13.2. The molecule has 37 heavy (non-hydrogen) atoms. The van der Waals surface area contributed by atoms with E-state index in [0.717, 1.165) is 16.9 Å². The lowest BCUT2D eigenvalue weighted by molar-refractivity contribution is -0.132. The molecular weight excluding hydrogens is 492 g/mol. The number of aliphatic hydroxyl groups excluding tert-OH is 1. The molecule has 2 aromatic carbocycles. The van der Waals surface area contributed by atoms with Gasteiger partial charge in [-0.25, -0.2) is 9.78 Å². The number of benzene rings is 2. The van der Waals surface area contributed by atoms with Gasteiger partial charge in [0.15, 0.2) is 5.13 Å². The van der Waals surface area contributed by atoms with Crippen molar-refractivity contribution in [1.29, 1.82) is 0 Å². The zero-order valence-electron chi connectivity index (χ0n) is 21.5. The number of nitrogens with zero attached hydrogens (tertiary/aromatic N) is 2. The first-order valence-corrected chi connectivity index (χ1v) is 12.4. The molecule has 0 saturated carbocycles. The van der Waals surface area contributed by atoms with Gasteiger partial charge in [-0.3, -0.25) is 14.5 Å². The Labute approximate surface area is 219 Å². The largest absolute Gasteiger partial charge is 0.507 e. The molecule has 1 fully saturated rings. The fourth-order valence-corrected chi connectivity index (χ4v) is 5.22. The Balaban J connectivity index is 1.94. The summed E-state index contributed by atoms with van der Waals surface area (Å²) in [5, 5.41) is 11.5. The first kappa shape index (κ1) is 26.1. The second-order valence-corrected chi connectivity index (χ2v) is 10.7. The summed E-state index contributed by atoms with van der Waals surface area (Å²) in [6.45, 7) is 7.89. The Morgan fingerprint density at radius 1 is 1.08 bits per heavy atom. The normalized spacial score (nSPS) is 17.2. The van der Waals surface area contributed by atoms with Gasteiger partial charge in [-0.2, -0.15) is 0 Å². The van der Waals surface area contributed by atoms with Crippen LogP contribution in [-0.2, 0) is 19.7 Å². The van der Waals surface area contributed by atoms with Crippen LogP contribution in [0.3, 0.4) is 0 Å². The maximum absolute atomic E-state index is 13.4. The van der Waals surface area contributed by atoms with Crippen LogP contribution in [0.5, 0.6) is 5.75 Å². The van der Waals surface area contributed by atoms with Crippen molar-refractivity contribution in [2.45, 2.75) is 39.2 Å². The minimum Gasteiger partial charge on any atom is -0.507 e. The Kier molecular flexibility index (Phi) is 6.92. The molecule has 0 radical (unpaired) electrons. The van der Waals surface area contributed by atoms with Gasteiger partial charge >= 0.3 is 11.9 Å². The van der Waals surface area contributed by atoms with Gasteiger partial charge in [-0.1, -0.05) is 68.5 Å². The van der Waals surface area contributed by atoms with Gasteiger partial charge in [0.05, 0.1) is 31.5 Å². The summed E-state index contributed by atoms with van der Waals surface area (Å²) in [6.07, 6.45) is 0. The van der Waals surface area contributed by atoms with Crippen molar-refractivity contribution in [3.8, 4) is 5.75 Å². The fraction of sp³-hybridized carbons (Fsp3) is 0.286. The van der Waals surface area contributed by atoms with Crippen LogP contribution in [0.4, 0.5) is 5.13 Å². The van der Waals surface area contributed by atoms with E-state index in [-0.39, 0.29) is 26.8 Å². The molecule has 1 N–H and O–H groups in total. The average Bonchev–Trinajstić information content (AvgIpc) is 3.39. The predicted molar refractivity (Wildman–Crippen MR) is 141 cm³/mol. The second kappa shape index (κ2) is 9.82. The molecule has 1 saturated heterocycles. The molecule has 3 aromatic rings. The van der Waals surface area contributed by atoms with Gasteiger partial charge in [0.25, 0.3) is 5.78 Å². The summed E-state index contributed by atoms with van der Waals surface area (Å²) in [4.78, 5) is 44.9. The molecule has 1 aliphatic rings. The number of anilines is 1. The van der Waals surface area contributed by atoms with E-state index in [1.54, 1.807) is 31.2 Å². The molecule has 8 nitrogen and oxygen atoms in total. The molecule has 1 unspecified atom stereocenters. The maximum Gasteiger partial charge on any atom is 0.350 e. The fourth-order valence-electron chi connectivity index (χ4n) is 4.20. The Bertz CT molecular complexity index is 1420. The van der Waals surface area contributed by atoms with E-state index in [4.69, 9.17) is 9.47 Å². The van der Waals surface area contributed by atoms with Crippen LogP contribution in [0, 0.1) is 6.92 Å². The van der Waals surface area contributed by atoms with Crippen LogP contribution in [0.1, 0.15) is 58.9 Å². The molecule has 192 valence electrons. The quantitative estimate of drug-likeness (QED) is 0.214. The highest BCUT2D eigenvalue weighted by Crippen LogP contribution is 2.44. The molecule has 0 spiro atoms. The van der Waals surface area contributed by atoms with Gasteiger partial charge in [0, 0.05) is 5.56 Å². The van der Waals surface area contributed by atoms with Crippen molar-refractivity contribution in [3.05, 3.63) is 81.4 Å². The monoisotopic (exact) mass is 520 g/mol. The maximum atomic E-state index is 13.4. The molecule has 2 heterocycles. The lowest BCUT2D eigenvalue weighted by Crippen LogP contribution is -2.29. The van der Waals surface area contributed by atoms with Crippen molar-refractivity contribution in [3.63, 3.8) is 0 Å². The SMILES string of the molecule is COC(=O)c1sc(N2C(=O)C(=O)/C(=C(/O)c3cccc(OC)c3)C2c2ccc(C(C)(C)C)cc2)nc1C.